The third-order valence-electron chi connectivity index (χ3n) is 4.45. The van der Waals surface area contributed by atoms with E-state index in [4.69, 9.17) is 17.3 Å². The lowest BCUT2D eigenvalue weighted by Gasteiger charge is -2.26. The van der Waals surface area contributed by atoms with Crippen LogP contribution in [0.1, 0.15) is 44.2 Å². The quantitative estimate of drug-likeness (QED) is 0.841. The molecule has 0 radical (unpaired) electrons. The minimum Gasteiger partial charge on any atom is -0.382 e. The van der Waals surface area contributed by atoms with Crippen molar-refractivity contribution in [3.63, 3.8) is 0 Å². The van der Waals surface area contributed by atoms with E-state index in [9.17, 15) is 4.39 Å². The van der Waals surface area contributed by atoms with Crippen LogP contribution in [-0.2, 0) is 0 Å². The Labute approximate surface area is 128 Å². The van der Waals surface area contributed by atoms with Crippen molar-refractivity contribution >= 4 is 17.4 Å². The number of nitrogens with two attached hydrogens (primary N) is 1. The van der Waals surface area contributed by atoms with Gasteiger partial charge in [-0.2, -0.15) is 5.10 Å². The molecule has 3 rings (SSSR count). The number of benzene rings is 1. The highest BCUT2D eigenvalue weighted by Crippen LogP contribution is 2.42. The lowest BCUT2D eigenvalue weighted by atomic mass is 9.80. The Morgan fingerprint density at radius 3 is 2.67 bits per heavy atom. The molecule has 3 N–H and O–H groups in total. The lowest BCUT2D eigenvalue weighted by Crippen LogP contribution is -2.12. The summed E-state index contributed by atoms with van der Waals surface area (Å²) >= 11 is 6.19. The topological polar surface area (TPSA) is 54.7 Å². The van der Waals surface area contributed by atoms with Crippen molar-refractivity contribution in [3.05, 3.63) is 34.7 Å². The van der Waals surface area contributed by atoms with E-state index in [-0.39, 0.29) is 5.82 Å². The number of nitrogens with zero attached hydrogens (tertiary/aromatic N) is 1. The molecule has 2 aromatic rings. The number of rotatable bonds is 2. The molecule has 1 fully saturated rings. The molecule has 3 nitrogen and oxygen atoms in total. The summed E-state index contributed by atoms with van der Waals surface area (Å²) in [4.78, 5) is 0. The molecule has 1 heterocycles. The summed E-state index contributed by atoms with van der Waals surface area (Å²) in [5, 5.41) is 7.59. The van der Waals surface area contributed by atoms with Gasteiger partial charge in [0.1, 0.15) is 5.82 Å². The van der Waals surface area contributed by atoms with Crippen LogP contribution in [0.2, 0.25) is 5.02 Å². The van der Waals surface area contributed by atoms with Gasteiger partial charge in [-0.05, 0) is 37.0 Å². The van der Waals surface area contributed by atoms with Gasteiger partial charge in [-0.25, -0.2) is 4.39 Å². The van der Waals surface area contributed by atoms with Crippen LogP contribution in [0, 0.1) is 11.7 Å². The number of H-pyrrole nitrogens is 1. The Morgan fingerprint density at radius 2 is 2.00 bits per heavy atom. The number of nitrogens with one attached hydrogen (secondary N) is 1. The Balaban J connectivity index is 2.01. The summed E-state index contributed by atoms with van der Waals surface area (Å²) in [5.74, 6) is 1.28. The molecular formula is C16H19ClFN3. The fraction of sp³-hybridized carbons (Fsp3) is 0.438. The van der Waals surface area contributed by atoms with Crippen molar-refractivity contribution in [1.82, 2.24) is 10.2 Å². The second kappa shape index (κ2) is 5.68. The maximum atomic E-state index is 13.2. The van der Waals surface area contributed by atoms with E-state index in [1.165, 1.54) is 25.0 Å². The summed E-state index contributed by atoms with van der Waals surface area (Å²) in [5.41, 5.74) is 8.64. The van der Waals surface area contributed by atoms with Gasteiger partial charge >= 0.3 is 0 Å². The molecule has 0 aliphatic heterocycles. The first-order valence-corrected chi connectivity index (χ1v) is 7.73. The van der Waals surface area contributed by atoms with E-state index >= 15 is 0 Å². The molecule has 0 unspecified atom stereocenters. The highest BCUT2D eigenvalue weighted by molar-refractivity contribution is 6.33. The van der Waals surface area contributed by atoms with Crippen molar-refractivity contribution < 1.29 is 4.39 Å². The molecule has 1 aromatic heterocycles. The van der Waals surface area contributed by atoms with Crippen molar-refractivity contribution in [2.45, 2.75) is 38.5 Å². The number of halogens is 2. The maximum absolute atomic E-state index is 13.2. The summed E-state index contributed by atoms with van der Waals surface area (Å²) in [6.07, 6.45) is 4.66. The second-order valence-electron chi connectivity index (χ2n) is 5.98. The van der Waals surface area contributed by atoms with Gasteiger partial charge in [0.25, 0.3) is 0 Å². The first kappa shape index (κ1) is 14.4. The molecular weight excluding hydrogens is 289 g/mol. The minimum atomic E-state index is -0.348. The average Bonchev–Trinajstić information content (AvgIpc) is 2.82. The smallest absolute Gasteiger partial charge is 0.153 e. The Kier molecular flexibility index (Phi) is 3.89. The molecule has 0 spiro atoms. The standard InChI is InChI=1S/C16H19ClFN3/c1-9-2-4-10(5-3-9)15-14(16(19)21-20-15)12-7-6-11(18)8-13(12)17/h6-10H,2-5H2,1H3,(H3,19,20,21). The predicted molar refractivity (Wildman–Crippen MR) is 83.8 cm³/mol. The summed E-state index contributed by atoms with van der Waals surface area (Å²) in [6.45, 7) is 2.29. The predicted octanol–water partition coefficient (Wildman–Crippen LogP) is 4.75. The molecule has 1 aromatic carbocycles. The normalized spacial score (nSPS) is 22.4. The van der Waals surface area contributed by atoms with Crippen LogP contribution in [0.25, 0.3) is 11.1 Å². The molecule has 1 aliphatic rings. The van der Waals surface area contributed by atoms with Gasteiger partial charge in [-0.1, -0.05) is 31.4 Å². The van der Waals surface area contributed by atoms with Crippen molar-refractivity contribution in [1.29, 1.82) is 0 Å². The van der Waals surface area contributed by atoms with Crippen LogP contribution in [0.3, 0.4) is 0 Å². The summed E-state index contributed by atoms with van der Waals surface area (Å²) in [6, 6.07) is 4.39. The van der Waals surface area contributed by atoms with E-state index < -0.39 is 0 Å². The van der Waals surface area contributed by atoms with Crippen molar-refractivity contribution in [2.75, 3.05) is 5.73 Å². The number of aromatic nitrogens is 2. The number of anilines is 1. The third kappa shape index (κ3) is 2.77. The fourth-order valence-corrected chi connectivity index (χ4v) is 3.45. The summed E-state index contributed by atoms with van der Waals surface area (Å²) in [7, 11) is 0. The zero-order chi connectivity index (χ0) is 15.0. The monoisotopic (exact) mass is 307 g/mol. The lowest BCUT2D eigenvalue weighted by molar-refractivity contribution is 0.344. The Morgan fingerprint density at radius 1 is 1.29 bits per heavy atom. The average molecular weight is 308 g/mol. The molecule has 0 atom stereocenters. The van der Waals surface area contributed by atoms with E-state index in [0.717, 1.165) is 35.6 Å². The molecule has 0 amide bonds. The molecule has 112 valence electrons. The Bertz CT molecular complexity index is 645. The van der Waals surface area contributed by atoms with Gasteiger partial charge in [0.15, 0.2) is 5.82 Å². The van der Waals surface area contributed by atoms with E-state index in [0.29, 0.717) is 16.8 Å². The highest BCUT2D eigenvalue weighted by atomic mass is 35.5. The van der Waals surface area contributed by atoms with Crippen LogP contribution >= 0.6 is 11.6 Å². The van der Waals surface area contributed by atoms with Gasteiger partial charge in [0.2, 0.25) is 0 Å². The minimum absolute atomic E-state index is 0.348. The highest BCUT2D eigenvalue weighted by Gasteiger charge is 2.26. The van der Waals surface area contributed by atoms with Crippen molar-refractivity contribution in [2.24, 2.45) is 5.92 Å². The van der Waals surface area contributed by atoms with E-state index in [1.54, 1.807) is 6.07 Å². The zero-order valence-electron chi connectivity index (χ0n) is 12.0. The van der Waals surface area contributed by atoms with Crippen LogP contribution in [0.15, 0.2) is 18.2 Å². The number of hydrogen-bond acceptors (Lipinski definition) is 2. The Hall–Kier alpha value is -1.55. The molecule has 5 heteroatoms. The van der Waals surface area contributed by atoms with Crippen LogP contribution in [-0.4, -0.2) is 10.2 Å². The van der Waals surface area contributed by atoms with Gasteiger partial charge in [0, 0.05) is 22.7 Å². The summed E-state index contributed by atoms with van der Waals surface area (Å²) < 4.78 is 13.2. The second-order valence-corrected chi connectivity index (χ2v) is 6.39. The first-order chi connectivity index (χ1) is 10.1. The third-order valence-corrected chi connectivity index (χ3v) is 4.76. The molecule has 21 heavy (non-hydrogen) atoms. The van der Waals surface area contributed by atoms with Crippen LogP contribution in [0.4, 0.5) is 10.2 Å². The molecule has 1 aliphatic carbocycles. The fourth-order valence-electron chi connectivity index (χ4n) is 3.19. The molecule has 1 saturated carbocycles. The first-order valence-electron chi connectivity index (χ1n) is 7.35. The van der Waals surface area contributed by atoms with E-state index in [1.807, 2.05) is 0 Å². The zero-order valence-corrected chi connectivity index (χ0v) is 12.8. The van der Waals surface area contributed by atoms with E-state index in [2.05, 4.69) is 17.1 Å². The number of aromatic amines is 1. The van der Waals surface area contributed by atoms with Gasteiger partial charge in [-0.3, -0.25) is 5.10 Å². The molecule has 0 bridgehead atoms. The van der Waals surface area contributed by atoms with Crippen molar-refractivity contribution in [3.8, 4) is 11.1 Å². The SMILES string of the molecule is CC1CCC(c2[nH]nc(N)c2-c2ccc(F)cc2Cl)CC1. The number of hydrogen-bond donors (Lipinski definition) is 2. The van der Waals surface area contributed by atoms with Gasteiger partial charge in [-0.15, -0.1) is 0 Å². The largest absolute Gasteiger partial charge is 0.382 e. The van der Waals surface area contributed by atoms with Gasteiger partial charge < -0.3 is 5.73 Å². The number of nitrogen functional groups attached to an aromatic ring is 1. The van der Waals surface area contributed by atoms with Crippen LogP contribution in [0.5, 0.6) is 0 Å². The molecule has 0 saturated heterocycles. The maximum Gasteiger partial charge on any atom is 0.153 e. The van der Waals surface area contributed by atoms with Gasteiger partial charge in [0.05, 0.1) is 5.02 Å². The van der Waals surface area contributed by atoms with Crippen LogP contribution < -0.4 is 5.73 Å².